The Morgan fingerprint density at radius 3 is 2.89 bits per heavy atom. The van der Waals surface area contributed by atoms with Gasteiger partial charge in [-0.1, -0.05) is 15.9 Å². The lowest BCUT2D eigenvalue weighted by Crippen LogP contribution is -2.15. The fourth-order valence-electron chi connectivity index (χ4n) is 1.69. The topological polar surface area (TPSA) is 73.1 Å². The van der Waals surface area contributed by atoms with Crippen molar-refractivity contribution in [2.24, 2.45) is 0 Å². The quantitative estimate of drug-likeness (QED) is 0.882. The second-order valence-electron chi connectivity index (χ2n) is 3.96. The summed E-state index contributed by atoms with van der Waals surface area (Å²) in [7, 11) is 1.66. The molecular weight excluding hydrogens is 308 g/mol. The van der Waals surface area contributed by atoms with E-state index in [4.69, 9.17) is 10.5 Å². The van der Waals surface area contributed by atoms with Crippen LogP contribution in [-0.2, 0) is 13.1 Å². The first kappa shape index (κ1) is 13.8. The zero-order valence-electron chi connectivity index (χ0n) is 10.6. The number of aromatic nitrogens is 2. The third kappa shape index (κ3) is 3.90. The number of methoxy groups -OCH3 is 1. The van der Waals surface area contributed by atoms with E-state index in [1.165, 1.54) is 0 Å². The van der Waals surface area contributed by atoms with E-state index in [1.54, 1.807) is 19.4 Å². The molecule has 0 unspecified atom stereocenters. The van der Waals surface area contributed by atoms with Gasteiger partial charge in [0.15, 0.2) is 0 Å². The van der Waals surface area contributed by atoms with E-state index >= 15 is 0 Å². The number of rotatable bonds is 5. The molecule has 19 heavy (non-hydrogen) atoms. The predicted molar refractivity (Wildman–Crippen MR) is 77.7 cm³/mol. The minimum absolute atomic E-state index is 0.479. The van der Waals surface area contributed by atoms with Gasteiger partial charge in [0.05, 0.1) is 13.7 Å². The first-order chi connectivity index (χ1) is 9.19. The summed E-state index contributed by atoms with van der Waals surface area (Å²) in [6, 6.07) is 7.56. The highest BCUT2D eigenvalue weighted by Gasteiger charge is 2.04. The minimum atomic E-state index is 0.479. The summed E-state index contributed by atoms with van der Waals surface area (Å²) in [5, 5.41) is 3.27. The fraction of sp³-hybridized carbons (Fsp3) is 0.231. The van der Waals surface area contributed by atoms with Crippen LogP contribution in [0.1, 0.15) is 11.4 Å². The maximum Gasteiger partial charge on any atom is 0.144 e. The molecule has 0 atom stereocenters. The summed E-state index contributed by atoms with van der Waals surface area (Å²) >= 11 is 3.45. The Morgan fingerprint density at radius 2 is 2.16 bits per heavy atom. The molecule has 0 saturated heterocycles. The number of anilines is 1. The highest BCUT2D eigenvalue weighted by molar-refractivity contribution is 9.10. The molecule has 0 amide bonds. The molecule has 100 valence electrons. The third-order valence-electron chi connectivity index (χ3n) is 2.57. The second kappa shape index (κ2) is 6.49. The van der Waals surface area contributed by atoms with Crippen LogP contribution in [0.3, 0.4) is 0 Å². The van der Waals surface area contributed by atoms with Gasteiger partial charge in [-0.3, -0.25) is 0 Å². The summed E-state index contributed by atoms with van der Waals surface area (Å²) in [5.74, 6) is 2.00. The molecular formula is C13H15BrN4O. The van der Waals surface area contributed by atoms with E-state index in [0.29, 0.717) is 24.7 Å². The lowest BCUT2D eigenvalue weighted by atomic mass is 10.2. The Morgan fingerprint density at radius 1 is 1.32 bits per heavy atom. The van der Waals surface area contributed by atoms with E-state index in [1.807, 2.05) is 18.2 Å². The van der Waals surface area contributed by atoms with Gasteiger partial charge in [-0.05, 0) is 24.3 Å². The van der Waals surface area contributed by atoms with E-state index in [0.717, 1.165) is 15.8 Å². The molecule has 0 bridgehead atoms. The van der Waals surface area contributed by atoms with E-state index < -0.39 is 0 Å². The molecule has 0 aliphatic heterocycles. The Balaban J connectivity index is 1.97. The van der Waals surface area contributed by atoms with Crippen LogP contribution in [0.5, 0.6) is 5.75 Å². The monoisotopic (exact) mass is 322 g/mol. The van der Waals surface area contributed by atoms with Gasteiger partial charge in [-0.15, -0.1) is 0 Å². The number of halogens is 1. The number of hydrogen-bond acceptors (Lipinski definition) is 5. The van der Waals surface area contributed by atoms with Crippen LogP contribution in [0, 0.1) is 0 Å². The summed E-state index contributed by atoms with van der Waals surface area (Å²) in [6.45, 7) is 1.22. The fourth-order valence-corrected chi connectivity index (χ4v) is 2.10. The van der Waals surface area contributed by atoms with Crippen molar-refractivity contribution in [3.8, 4) is 5.75 Å². The maximum absolute atomic E-state index is 5.60. The van der Waals surface area contributed by atoms with Crippen molar-refractivity contribution in [1.82, 2.24) is 15.3 Å². The van der Waals surface area contributed by atoms with Gasteiger partial charge in [-0.25, -0.2) is 9.97 Å². The molecule has 1 aromatic carbocycles. The van der Waals surface area contributed by atoms with Crippen molar-refractivity contribution in [3.63, 3.8) is 0 Å². The highest BCUT2D eigenvalue weighted by atomic mass is 79.9. The van der Waals surface area contributed by atoms with Crippen molar-refractivity contribution < 1.29 is 4.74 Å². The Labute approximate surface area is 120 Å². The normalized spacial score (nSPS) is 10.4. The molecule has 2 aromatic rings. The largest absolute Gasteiger partial charge is 0.496 e. The standard InChI is InChI=1S/C13H15BrN4O/c1-19-11-3-2-10(14)6-9(11)7-16-8-13-17-5-4-12(15)18-13/h2-6,16H,7-8H2,1H3,(H2,15,17,18). The van der Waals surface area contributed by atoms with Crippen LogP contribution >= 0.6 is 15.9 Å². The second-order valence-corrected chi connectivity index (χ2v) is 4.87. The number of nitrogens with two attached hydrogens (primary N) is 1. The van der Waals surface area contributed by atoms with Crippen LogP contribution in [0.2, 0.25) is 0 Å². The highest BCUT2D eigenvalue weighted by Crippen LogP contribution is 2.22. The SMILES string of the molecule is COc1ccc(Br)cc1CNCc1nccc(N)n1. The minimum Gasteiger partial charge on any atom is -0.496 e. The van der Waals surface area contributed by atoms with E-state index in [2.05, 4.69) is 31.2 Å². The van der Waals surface area contributed by atoms with Crippen LogP contribution < -0.4 is 15.8 Å². The molecule has 6 heteroatoms. The average molecular weight is 323 g/mol. The first-order valence-electron chi connectivity index (χ1n) is 5.79. The van der Waals surface area contributed by atoms with Crippen molar-refractivity contribution >= 4 is 21.7 Å². The molecule has 0 spiro atoms. The smallest absolute Gasteiger partial charge is 0.144 e. The number of nitrogens with one attached hydrogen (secondary N) is 1. The van der Waals surface area contributed by atoms with Crippen LogP contribution in [0.15, 0.2) is 34.9 Å². The van der Waals surface area contributed by atoms with Gasteiger partial charge in [-0.2, -0.15) is 0 Å². The van der Waals surface area contributed by atoms with E-state index in [-0.39, 0.29) is 0 Å². The summed E-state index contributed by atoms with van der Waals surface area (Å²) in [5.41, 5.74) is 6.67. The number of hydrogen-bond donors (Lipinski definition) is 2. The Bertz CT molecular complexity index is 562. The summed E-state index contributed by atoms with van der Waals surface area (Å²) in [4.78, 5) is 8.26. The van der Waals surface area contributed by atoms with Crippen molar-refractivity contribution in [2.75, 3.05) is 12.8 Å². The van der Waals surface area contributed by atoms with Gasteiger partial charge in [0.1, 0.15) is 17.4 Å². The predicted octanol–water partition coefficient (Wildman–Crippen LogP) is 2.12. The number of nitrogen functional groups attached to an aromatic ring is 1. The maximum atomic E-state index is 5.60. The van der Waals surface area contributed by atoms with Crippen LogP contribution in [-0.4, -0.2) is 17.1 Å². The molecule has 0 radical (unpaired) electrons. The first-order valence-corrected chi connectivity index (χ1v) is 6.59. The molecule has 1 aromatic heterocycles. The van der Waals surface area contributed by atoms with E-state index in [9.17, 15) is 0 Å². The molecule has 0 aliphatic carbocycles. The summed E-state index contributed by atoms with van der Waals surface area (Å²) in [6.07, 6.45) is 1.65. The van der Waals surface area contributed by atoms with Crippen molar-refractivity contribution in [1.29, 1.82) is 0 Å². The van der Waals surface area contributed by atoms with Gasteiger partial charge in [0.2, 0.25) is 0 Å². The van der Waals surface area contributed by atoms with Crippen molar-refractivity contribution in [3.05, 3.63) is 46.3 Å². The lowest BCUT2D eigenvalue weighted by Gasteiger charge is -2.10. The van der Waals surface area contributed by atoms with Crippen molar-refractivity contribution in [2.45, 2.75) is 13.1 Å². The number of ether oxygens (including phenoxy) is 1. The van der Waals surface area contributed by atoms with Gasteiger partial charge < -0.3 is 15.8 Å². The zero-order valence-corrected chi connectivity index (χ0v) is 12.1. The molecule has 0 saturated carbocycles. The average Bonchev–Trinajstić information content (AvgIpc) is 2.39. The van der Waals surface area contributed by atoms with Gasteiger partial charge in [0, 0.05) is 22.8 Å². The molecule has 3 N–H and O–H groups in total. The molecule has 0 fully saturated rings. The molecule has 0 aliphatic rings. The van der Waals surface area contributed by atoms with Gasteiger partial charge >= 0.3 is 0 Å². The third-order valence-corrected chi connectivity index (χ3v) is 3.06. The molecule has 1 heterocycles. The lowest BCUT2D eigenvalue weighted by molar-refractivity contribution is 0.407. The molecule has 2 rings (SSSR count). The number of nitrogens with zero attached hydrogens (tertiary/aromatic N) is 2. The zero-order chi connectivity index (χ0) is 13.7. The number of benzene rings is 1. The van der Waals surface area contributed by atoms with Gasteiger partial charge in [0.25, 0.3) is 0 Å². The van der Waals surface area contributed by atoms with Crippen LogP contribution in [0.4, 0.5) is 5.82 Å². The Hall–Kier alpha value is -1.66. The Kier molecular flexibility index (Phi) is 4.70. The molecule has 5 nitrogen and oxygen atoms in total. The van der Waals surface area contributed by atoms with Crippen LogP contribution in [0.25, 0.3) is 0 Å². The summed E-state index contributed by atoms with van der Waals surface area (Å²) < 4.78 is 6.33.